The van der Waals surface area contributed by atoms with Gasteiger partial charge < -0.3 is 25.4 Å². The third kappa shape index (κ3) is 9.28. The van der Waals surface area contributed by atoms with Gasteiger partial charge in [0.2, 0.25) is 11.8 Å². The normalized spacial score (nSPS) is 15.9. The SMILES string of the molecule is CC(C)(C)OC(=O)N[C@@H](C(=O)NC1(C(=O)NCc2ccc(N(C=N)C(=O)OCc3ccccc3)cc2)Cc2ccccc2C1)C1CCCCC1. The summed E-state index contributed by atoms with van der Waals surface area (Å²) >= 11 is 0. The topological polar surface area (TPSA) is 150 Å². The van der Waals surface area contributed by atoms with Gasteiger partial charge in [-0.1, -0.05) is 86.0 Å². The van der Waals surface area contributed by atoms with Crippen LogP contribution in [0.4, 0.5) is 15.3 Å². The molecule has 0 spiro atoms. The Bertz CT molecular complexity index is 1640. The predicted molar refractivity (Wildman–Crippen MR) is 191 cm³/mol. The summed E-state index contributed by atoms with van der Waals surface area (Å²) in [6.45, 7) is 5.56. The minimum Gasteiger partial charge on any atom is -0.444 e. The molecule has 1 atom stereocenters. The summed E-state index contributed by atoms with van der Waals surface area (Å²) < 4.78 is 10.9. The van der Waals surface area contributed by atoms with Gasteiger partial charge in [0, 0.05) is 19.4 Å². The Morgan fingerprint density at radius 3 is 2.10 bits per heavy atom. The average molecular weight is 682 g/mol. The van der Waals surface area contributed by atoms with E-state index >= 15 is 0 Å². The van der Waals surface area contributed by atoms with Crippen LogP contribution in [-0.4, -0.2) is 47.5 Å². The lowest BCUT2D eigenvalue weighted by molar-refractivity contribution is -0.135. The molecule has 0 unspecified atom stereocenters. The van der Waals surface area contributed by atoms with Crippen LogP contribution in [0.3, 0.4) is 0 Å². The van der Waals surface area contributed by atoms with Crippen molar-refractivity contribution in [1.82, 2.24) is 16.0 Å². The van der Waals surface area contributed by atoms with Gasteiger partial charge in [-0.3, -0.25) is 15.0 Å². The van der Waals surface area contributed by atoms with E-state index < -0.39 is 35.3 Å². The number of rotatable bonds is 11. The second-order valence-corrected chi connectivity index (χ2v) is 14.1. The van der Waals surface area contributed by atoms with Gasteiger partial charge in [-0.15, -0.1) is 0 Å². The highest BCUT2D eigenvalue weighted by Crippen LogP contribution is 2.32. The first-order chi connectivity index (χ1) is 24.0. The number of nitrogens with one attached hydrogen (secondary N) is 4. The van der Waals surface area contributed by atoms with Gasteiger partial charge in [0.1, 0.15) is 23.8 Å². The Kier molecular flexibility index (Phi) is 11.6. The molecule has 1 fully saturated rings. The largest absolute Gasteiger partial charge is 0.444 e. The van der Waals surface area contributed by atoms with E-state index in [1.54, 1.807) is 45.0 Å². The molecular formula is C39H47N5O6. The first-order valence-electron chi connectivity index (χ1n) is 17.2. The molecule has 0 saturated heterocycles. The average Bonchev–Trinajstić information content (AvgIpc) is 3.49. The number of carbonyl (C=O) groups is 4. The molecule has 5 rings (SSSR count). The van der Waals surface area contributed by atoms with E-state index in [2.05, 4.69) is 16.0 Å². The Hall–Kier alpha value is -5.19. The van der Waals surface area contributed by atoms with Crippen molar-refractivity contribution in [2.45, 2.75) is 96.1 Å². The summed E-state index contributed by atoms with van der Waals surface area (Å²) in [5.74, 6) is -0.813. The van der Waals surface area contributed by atoms with Crippen molar-refractivity contribution in [3.8, 4) is 0 Å². The third-order valence-corrected chi connectivity index (χ3v) is 9.17. The van der Waals surface area contributed by atoms with Crippen molar-refractivity contribution in [3.63, 3.8) is 0 Å². The van der Waals surface area contributed by atoms with Crippen LogP contribution in [0.5, 0.6) is 0 Å². The number of nitrogens with zero attached hydrogens (tertiary/aromatic N) is 1. The number of hydrogen-bond donors (Lipinski definition) is 4. The summed E-state index contributed by atoms with van der Waals surface area (Å²) in [6, 6.07) is 23.1. The Morgan fingerprint density at radius 1 is 0.880 bits per heavy atom. The predicted octanol–water partition coefficient (Wildman–Crippen LogP) is 6.18. The minimum atomic E-state index is -1.26. The van der Waals surface area contributed by atoms with E-state index in [9.17, 15) is 19.2 Å². The van der Waals surface area contributed by atoms with Crippen LogP contribution >= 0.6 is 0 Å². The van der Waals surface area contributed by atoms with E-state index in [0.717, 1.165) is 65.6 Å². The highest BCUT2D eigenvalue weighted by atomic mass is 16.6. The van der Waals surface area contributed by atoms with Crippen LogP contribution in [-0.2, 0) is 45.1 Å². The number of benzene rings is 3. The fourth-order valence-electron chi connectivity index (χ4n) is 6.68. The molecule has 2 aliphatic carbocycles. The maximum atomic E-state index is 14.1. The number of fused-ring (bicyclic) bond motifs is 1. The maximum absolute atomic E-state index is 14.1. The molecule has 1 saturated carbocycles. The number of ether oxygens (including phenoxy) is 2. The highest BCUT2D eigenvalue weighted by molar-refractivity contribution is 6.04. The number of carbonyl (C=O) groups excluding carboxylic acids is 4. The van der Waals surface area contributed by atoms with Gasteiger partial charge in [0.15, 0.2) is 0 Å². The third-order valence-electron chi connectivity index (χ3n) is 9.17. The van der Waals surface area contributed by atoms with Gasteiger partial charge in [0.25, 0.3) is 0 Å². The number of amides is 4. The first-order valence-corrected chi connectivity index (χ1v) is 17.2. The summed E-state index contributed by atoms with van der Waals surface area (Å²) in [6.07, 6.45) is 4.77. The molecule has 11 nitrogen and oxygen atoms in total. The van der Waals surface area contributed by atoms with E-state index in [1.165, 1.54) is 0 Å². The quantitative estimate of drug-likeness (QED) is 0.140. The second kappa shape index (κ2) is 16.0. The van der Waals surface area contributed by atoms with Gasteiger partial charge in [0.05, 0.1) is 12.0 Å². The molecule has 4 amide bonds. The van der Waals surface area contributed by atoms with Crippen molar-refractivity contribution < 1.29 is 28.7 Å². The maximum Gasteiger partial charge on any atom is 0.420 e. The molecule has 3 aromatic carbocycles. The lowest BCUT2D eigenvalue weighted by Gasteiger charge is -2.35. The fourth-order valence-corrected chi connectivity index (χ4v) is 6.68. The zero-order valence-electron chi connectivity index (χ0n) is 29.0. The summed E-state index contributed by atoms with van der Waals surface area (Å²) in [5, 5.41) is 16.7. The van der Waals surface area contributed by atoms with Crippen molar-refractivity contribution >= 4 is 36.0 Å². The zero-order chi connectivity index (χ0) is 35.7. The molecule has 50 heavy (non-hydrogen) atoms. The van der Waals surface area contributed by atoms with E-state index in [0.29, 0.717) is 18.5 Å². The smallest absolute Gasteiger partial charge is 0.420 e. The summed E-state index contributed by atoms with van der Waals surface area (Å²) in [4.78, 5) is 54.9. The van der Waals surface area contributed by atoms with Crippen LogP contribution in [0.2, 0.25) is 0 Å². The van der Waals surface area contributed by atoms with Crippen LogP contribution < -0.4 is 20.9 Å². The van der Waals surface area contributed by atoms with Crippen molar-refractivity contribution in [2.75, 3.05) is 4.90 Å². The molecule has 0 heterocycles. The van der Waals surface area contributed by atoms with Crippen LogP contribution in [0.15, 0.2) is 78.9 Å². The lowest BCUT2D eigenvalue weighted by atomic mass is 9.83. The van der Waals surface area contributed by atoms with Gasteiger partial charge in [-0.25, -0.2) is 14.5 Å². The molecule has 0 bridgehead atoms. The second-order valence-electron chi connectivity index (χ2n) is 14.1. The standard InChI is InChI=1S/C39H47N5O6/c1-38(2,3)50-36(47)42-33(29-14-8-5-9-15-29)34(45)43-39(22-30-16-10-11-17-31(30)23-39)35(46)41-24-27-18-20-32(21-19-27)44(26-40)37(48)49-25-28-12-6-4-7-13-28/h4,6-7,10-13,16-21,26,29,33,40H,5,8-9,14-15,22-25H2,1-3H3,(H,41,46)(H,42,47)(H,43,45)/t33-/m1/s1. The monoisotopic (exact) mass is 681 g/mol. The zero-order valence-corrected chi connectivity index (χ0v) is 29.0. The minimum absolute atomic E-state index is 0.0742. The Labute approximate surface area is 293 Å². The van der Waals surface area contributed by atoms with Crippen LogP contribution in [0.25, 0.3) is 0 Å². The van der Waals surface area contributed by atoms with E-state index in [-0.39, 0.29) is 25.0 Å². The molecule has 2 aliphatic rings. The summed E-state index contributed by atoms with van der Waals surface area (Å²) in [7, 11) is 0. The summed E-state index contributed by atoms with van der Waals surface area (Å²) in [5.41, 5.74) is 2.00. The van der Waals surface area contributed by atoms with Gasteiger partial charge >= 0.3 is 12.2 Å². The molecule has 3 aromatic rings. The number of hydrogen-bond acceptors (Lipinski definition) is 7. The number of anilines is 1. The molecule has 4 N–H and O–H groups in total. The molecule has 11 heteroatoms. The van der Waals surface area contributed by atoms with E-state index in [1.807, 2.05) is 54.6 Å². The molecule has 0 aromatic heterocycles. The van der Waals surface area contributed by atoms with Crippen LogP contribution in [0.1, 0.15) is 75.1 Å². The molecule has 264 valence electrons. The van der Waals surface area contributed by atoms with E-state index in [4.69, 9.17) is 14.9 Å². The number of alkyl carbamates (subject to hydrolysis) is 1. The fraction of sp³-hybridized carbons (Fsp3) is 0.410. The van der Waals surface area contributed by atoms with Gasteiger partial charge in [-0.2, -0.15) is 0 Å². The van der Waals surface area contributed by atoms with Crippen LogP contribution in [0, 0.1) is 11.3 Å². The van der Waals surface area contributed by atoms with Gasteiger partial charge in [-0.05, 0) is 73.9 Å². The first kappa shape index (κ1) is 36.1. The molecule has 0 aliphatic heterocycles. The lowest BCUT2D eigenvalue weighted by Crippen LogP contribution is -2.64. The highest BCUT2D eigenvalue weighted by Gasteiger charge is 2.47. The Balaban J connectivity index is 1.28. The van der Waals surface area contributed by atoms with Crippen molar-refractivity contribution in [2.24, 2.45) is 5.92 Å². The molecular weight excluding hydrogens is 634 g/mol. The van der Waals surface area contributed by atoms with Crippen molar-refractivity contribution in [3.05, 3.63) is 101 Å². The molecule has 0 radical (unpaired) electrons. The van der Waals surface area contributed by atoms with Crippen molar-refractivity contribution in [1.29, 1.82) is 5.41 Å². The Morgan fingerprint density at radius 2 is 1.50 bits per heavy atom.